The molecule has 10 nitrogen and oxygen atoms in total. The minimum absolute atomic E-state index is 0.0118. The van der Waals surface area contributed by atoms with E-state index in [0.29, 0.717) is 11.5 Å². The van der Waals surface area contributed by atoms with E-state index in [4.69, 9.17) is 4.74 Å². The molecule has 2 aromatic carbocycles. The molecular formula is C25H21F3N6O4S. The van der Waals surface area contributed by atoms with E-state index in [0.717, 1.165) is 22.3 Å². The number of aliphatic hydroxyl groups excluding tert-OH is 3. The van der Waals surface area contributed by atoms with Crippen LogP contribution in [0.1, 0.15) is 23.8 Å². The lowest BCUT2D eigenvalue weighted by Crippen LogP contribution is -2.53. The van der Waals surface area contributed by atoms with Crippen LogP contribution in [0.25, 0.3) is 27.0 Å². The Morgan fingerprint density at radius 2 is 1.82 bits per heavy atom. The average molecular weight is 559 g/mol. The summed E-state index contributed by atoms with van der Waals surface area (Å²) in [5.41, 5.74) is 3.41. The van der Waals surface area contributed by atoms with Crippen molar-refractivity contribution in [2.24, 2.45) is 0 Å². The predicted octanol–water partition coefficient (Wildman–Crippen LogP) is 2.86. The van der Waals surface area contributed by atoms with E-state index in [2.05, 4.69) is 20.2 Å². The third-order valence-electron chi connectivity index (χ3n) is 6.67. The number of thiazole rings is 1. The number of aliphatic hydroxyl groups is 3. The highest BCUT2D eigenvalue weighted by molar-refractivity contribution is 7.16. The van der Waals surface area contributed by atoms with E-state index >= 15 is 0 Å². The second-order valence-corrected chi connectivity index (χ2v) is 10.0. The fourth-order valence-corrected chi connectivity index (χ4v) is 5.49. The summed E-state index contributed by atoms with van der Waals surface area (Å²) >= 11 is 1.45. The summed E-state index contributed by atoms with van der Waals surface area (Å²) in [5, 5.41) is 41.1. The standard InChI is InChI=1S/C25H21F3N6O4S/c1-11-31-25(34(32-11)14-2-3-17-19(6-14)39-10-29-17)24-23(37)21(22(36)18(9-35)38-24)33-8-13(7-30-33)12-4-15(26)20(28)16(27)5-12/h2-8,10,18,21-24,35-37H,9H2,1H3/t18?,21?,22-,23-,24+/m0/s1. The molecule has 14 heteroatoms. The van der Waals surface area contributed by atoms with Gasteiger partial charge < -0.3 is 20.1 Å². The molecule has 3 aromatic heterocycles. The van der Waals surface area contributed by atoms with Crippen LogP contribution in [-0.4, -0.2) is 69.8 Å². The van der Waals surface area contributed by atoms with Crippen LogP contribution in [0.3, 0.4) is 0 Å². The van der Waals surface area contributed by atoms with Crippen molar-refractivity contribution in [1.82, 2.24) is 29.5 Å². The largest absolute Gasteiger partial charge is 0.394 e. The van der Waals surface area contributed by atoms with E-state index in [9.17, 15) is 28.5 Å². The highest BCUT2D eigenvalue weighted by atomic mass is 32.1. The molecule has 2 unspecified atom stereocenters. The van der Waals surface area contributed by atoms with Crippen LogP contribution in [0.15, 0.2) is 48.2 Å². The summed E-state index contributed by atoms with van der Waals surface area (Å²) in [4.78, 5) is 8.75. The Balaban J connectivity index is 1.39. The summed E-state index contributed by atoms with van der Waals surface area (Å²) in [6.45, 7) is 1.10. The van der Waals surface area contributed by atoms with Crippen LogP contribution in [0.4, 0.5) is 13.2 Å². The van der Waals surface area contributed by atoms with Gasteiger partial charge in [-0.05, 0) is 42.8 Å². The predicted molar refractivity (Wildman–Crippen MR) is 133 cm³/mol. The van der Waals surface area contributed by atoms with Gasteiger partial charge in [0.25, 0.3) is 0 Å². The van der Waals surface area contributed by atoms with Gasteiger partial charge in [0.1, 0.15) is 36.3 Å². The summed E-state index contributed by atoms with van der Waals surface area (Å²) in [6, 6.07) is 5.99. The fourth-order valence-electron chi connectivity index (χ4n) is 4.78. The zero-order valence-corrected chi connectivity index (χ0v) is 21.0. The molecule has 1 aliphatic rings. The van der Waals surface area contributed by atoms with Gasteiger partial charge in [-0.1, -0.05) is 0 Å². The maximum atomic E-state index is 13.8. The Bertz CT molecular complexity index is 1650. The molecule has 6 rings (SSSR count). The van der Waals surface area contributed by atoms with Crippen LogP contribution >= 0.6 is 11.3 Å². The third kappa shape index (κ3) is 4.39. The lowest BCUT2D eigenvalue weighted by atomic mass is 9.92. The first-order chi connectivity index (χ1) is 18.7. The first-order valence-electron chi connectivity index (χ1n) is 11.8. The molecule has 0 amide bonds. The first kappa shape index (κ1) is 25.6. The lowest BCUT2D eigenvalue weighted by Gasteiger charge is -2.41. The third-order valence-corrected chi connectivity index (χ3v) is 7.46. The molecule has 202 valence electrons. The summed E-state index contributed by atoms with van der Waals surface area (Å²) in [6.07, 6.45) is -2.52. The van der Waals surface area contributed by atoms with Crippen molar-refractivity contribution in [3.8, 4) is 16.8 Å². The normalized spacial score (nSPS) is 23.5. The van der Waals surface area contributed by atoms with Gasteiger partial charge >= 0.3 is 0 Å². The molecule has 0 radical (unpaired) electrons. The Morgan fingerprint density at radius 3 is 2.56 bits per heavy atom. The molecular weight excluding hydrogens is 537 g/mol. The van der Waals surface area contributed by atoms with Crippen molar-refractivity contribution < 1.29 is 33.2 Å². The van der Waals surface area contributed by atoms with Gasteiger partial charge in [0.15, 0.2) is 23.3 Å². The van der Waals surface area contributed by atoms with Gasteiger partial charge in [0.05, 0.1) is 34.2 Å². The Kier molecular flexibility index (Phi) is 6.43. The maximum Gasteiger partial charge on any atom is 0.194 e. The van der Waals surface area contributed by atoms with Crippen molar-refractivity contribution in [3.63, 3.8) is 0 Å². The molecule has 5 aromatic rings. The number of ether oxygens (including phenoxy) is 1. The first-order valence-corrected chi connectivity index (χ1v) is 12.7. The zero-order valence-electron chi connectivity index (χ0n) is 20.2. The molecule has 0 saturated carbocycles. The minimum atomic E-state index is -1.59. The molecule has 1 fully saturated rings. The molecule has 4 heterocycles. The summed E-state index contributed by atoms with van der Waals surface area (Å²) in [5.74, 6) is -3.69. The molecule has 0 aliphatic carbocycles. The van der Waals surface area contributed by atoms with E-state index in [1.54, 1.807) is 18.5 Å². The Labute approximate surface area is 222 Å². The molecule has 0 bridgehead atoms. The summed E-state index contributed by atoms with van der Waals surface area (Å²) < 4.78 is 50.6. The van der Waals surface area contributed by atoms with Crippen LogP contribution in [-0.2, 0) is 4.74 Å². The number of hydrogen-bond donors (Lipinski definition) is 3. The second-order valence-electron chi connectivity index (χ2n) is 9.15. The monoisotopic (exact) mass is 558 g/mol. The van der Waals surface area contributed by atoms with Crippen LogP contribution in [0, 0.1) is 24.4 Å². The zero-order chi connectivity index (χ0) is 27.4. The maximum absolute atomic E-state index is 13.8. The quantitative estimate of drug-likeness (QED) is 0.281. The van der Waals surface area contributed by atoms with Crippen molar-refractivity contribution in [1.29, 1.82) is 0 Å². The van der Waals surface area contributed by atoms with Crippen molar-refractivity contribution in [3.05, 3.63) is 77.3 Å². The number of fused-ring (bicyclic) bond motifs is 1. The lowest BCUT2D eigenvalue weighted by molar-refractivity contribution is -0.210. The SMILES string of the molecule is Cc1nc([C@@H]2OC(CO)[C@H](O)C(n3cc(-c4cc(F)c(F)c(F)c4)cn3)[C@@H]2O)n(-c2ccc3ncsc3c2)n1. The van der Waals surface area contributed by atoms with Crippen molar-refractivity contribution >= 4 is 21.6 Å². The van der Waals surface area contributed by atoms with Gasteiger partial charge in [0, 0.05) is 11.8 Å². The minimum Gasteiger partial charge on any atom is -0.394 e. The Morgan fingerprint density at radius 1 is 1.05 bits per heavy atom. The molecule has 3 N–H and O–H groups in total. The highest BCUT2D eigenvalue weighted by Gasteiger charge is 2.48. The summed E-state index contributed by atoms with van der Waals surface area (Å²) in [7, 11) is 0. The van der Waals surface area contributed by atoms with Crippen LogP contribution in [0.2, 0.25) is 0 Å². The van der Waals surface area contributed by atoms with Crippen molar-refractivity contribution in [2.75, 3.05) is 6.61 Å². The second kappa shape index (κ2) is 9.81. The number of halogens is 3. The van der Waals surface area contributed by atoms with E-state index in [-0.39, 0.29) is 17.0 Å². The van der Waals surface area contributed by atoms with Gasteiger partial charge in [-0.2, -0.15) is 10.2 Å². The van der Waals surface area contributed by atoms with Crippen molar-refractivity contribution in [2.45, 2.75) is 37.4 Å². The fraction of sp³-hybridized carbons (Fsp3) is 0.280. The van der Waals surface area contributed by atoms with E-state index < -0.39 is 54.5 Å². The number of benzene rings is 2. The molecule has 0 spiro atoms. The molecule has 1 aliphatic heterocycles. The number of rotatable bonds is 5. The van der Waals surface area contributed by atoms with Crippen LogP contribution < -0.4 is 0 Å². The highest BCUT2D eigenvalue weighted by Crippen LogP contribution is 2.39. The van der Waals surface area contributed by atoms with Crippen LogP contribution in [0.5, 0.6) is 0 Å². The van der Waals surface area contributed by atoms with Gasteiger partial charge in [0.2, 0.25) is 0 Å². The topological polar surface area (TPSA) is 131 Å². The van der Waals surface area contributed by atoms with Gasteiger partial charge in [-0.25, -0.2) is 27.8 Å². The average Bonchev–Trinajstić information content (AvgIpc) is 3.67. The number of aryl methyl sites for hydroxylation is 1. The van der Waals surface area contributed by atoms with E-state index in [1.807, 2.05) is 12.1 Å². The molecule has 39 heavy (non-hydrogen) atoms. The molecule has 5 atom stereocenters. The van der Waals surface area contributed by atoms with E-state index in [1.165, 1.54) is 33.1 Å². The smallest absolute Gasteiger partial charge is 0.194 e. The van der Waals surface area contributed by atoms with Gasteiger partial charge in [-0.15, -0.1) is 11.3 Å². The number of aromatic nitrogens is 6. The molecule has 1 saturated heterocycles. The number of hydrogen-bond acceptors (Lipinski definition) is 9. The van der Waals surface area contributed by atoms with Gasteiger partial charge in [-0.3, -0.25) is 4.68 Å². The number of nitrogens with zero attached hydrogens (tertiary/aromatic N) is 6. The Hall–Kier alpha value is -3.69.